The molecule has 0 amide bonds. The molecule has 0 N–H and O–H groups in total. The molecule has 0 bridgehead atoms. The van der Waals surface area contributed by atoms with Crippen LogP contribution in [0.5, 0.6) is 0 Å². The maximum Gasteiger partial charge on any atom is 0.128 e. The Morgan fingerprint density at radius 3 is 2.40 bits per heavy atom. The molecule has 2 heterocycles. The van der Waals surface area contributed by atoms with Gasteiger partial charge in [0.25, 0.3) is 0 Å². The quantitative estimate of drug-likeness (QED) is 0.776. The lowest BCUT2D eigenvalue weighted by molar-refractivity contribution is 0.383. The van der Waals surface area contributed by atoms with Gasteiger partial charge >= 0.3 is 0 Å². The van der Waals surface area contributed by atoms with Crippen LogP contribution in [0.25, 0.3) is 0 Å². The van der Waals surface area contributed by atoms with Crippen molar-refractivity contribution in [1.29, 1.82) is 0 Å². The number of piperidine rings is 1. The number of hydrogen-bond acceptors (Lipinski definition) is 2. The van der Waals surface area contributed by atoms with Crippen LogP contribution >= 0.6 is 15.9 Å². The van der Waals surface area contributed by atoms with E-state index in [2.05, 4.69) is 37.9 Å². The SMILES string of the molecule is Brc1ccc(N2CCC3(CC2)CC3)nc1. The predicted molar refractivity (Wildman–Crippen MR) is 65.1 cm³/mol. The van der Waals surface area contributed by atoms with Crippen molar-refractivity contribution in [3.8, 4) is 0 Å². The van der Waals surface area contributed by atoms with Crippen molar-refractivity contribution in [3.63, 3.8) is 0 Å². The molecular formula is C12H15BrN2. The molecule has 80 valence electrons. The second kappa shape index (κ2) is 3.48. The molecule has 3 rings (SSSR count). The maximum atomic E-state index is 4.45. The second-order valence-corrected chi connectivity index (χ2v) is 5.74. The Balaban J connectivity index is 1.70. The molecule has 1 aliphatic heterocycles. The summed E-state index contributed by atoms with van der Waals surface area (Å²) < 4.78 is 1.06. The van der Waals surface area contributed by atoms with Gasteiger partial charge in [0.1, 0.15) is 5.82 Å². The number of aromatic nitrogens is 1. The molecular weight excluding hydrogens is 252 g/mol. The molecule has 0 atom stereocenters. The molecule has 15 heavy (non-hydrogen) atoms. The summed E-state index contributed by atoms with van der Waals surface area (Å²) in [6, 6.07) is 4.18. The first-order chi connectivity index (χ1) is 7.27. The summed E-state index contributed by atoms with van der Waals surface area (Å²) in [5, 5.41) is 0. The van der Waals surface area contributed by atoms with Gasteiger partial charge in [-0.25, -0.2) is 4.98 Å². The zero-order chi connectivity index (χ0) is 10.3. The number of pyridine rings is 1. The van der Waals surface area contributed by atoms with Crippen LogP contribution in [0.2, 0.25) is 0 Å². The highest BCUT2D eigenvalue weighted by molar-refractivity contribution is 9.10. The molecule has 1 aromatic heterocycles. The molecule has 0 aromatic carbocycles. The van der Waals surface area contributed by atoms with Gasteiger partial charge in [-0.05, 0) is 59.2 Å². The van der Waals surface area contributed by atoms with Gasteiger partial charge in [0, 0.05) is 23.8 Å². The minimum absolute atomic E-state index is 0.756. The summed E-state index contributed by atoms with van der Waals surface area (Å²) in [7, 11) is 0. The summed E-state index contributed by atoms with van der Waals surface area (Å²) in [6.45, 7) is 2.38. The molecule has 2 aliphatic rings. The lowest BCUT2D eigenvalue weighted by Crippen LogP contribution is -2.34. The standard InChI is InChI=1S/C12H15BrN2/c13-10-1-2-11(14-9-10)15-7-5-12(3-4-12)6-8-15/h1-2,9H,3-8H2. The Morgan fingerprint density at radius 1 is 1.13 bits per heavy atom. The summed E-state index contributed by atoms with van der Waals surface area (Å²) in [6.07, 6.45) is 7.55. The van der Waals surface area contributed by atoms with Crippen LogP contribution in [-0.2, 0) is 0 Å². The van der Waals surface area contributed by atoms with Crippen molar-refractivity contribution < 1.29 is 0 Å². The van der Waals surface area contributed by atoms with E-state index in [9.17, 15) is 0 Å². The van der Waals surface area contributed by atoms with Crippen molar-refractivity contribution in [1.82, 2.24) is 4.98 Å². The average molecular weight is 267 g/mol. The predicted octanol–water partition coefficient (Wildman–Crippen LogP) is 3.22. The first kappa shape index (κ1) is 9.64. The van der Waals surface area contributed by atoms with Gasteiger partial charge in [-0.2, -0.15) is 0 Å². The zero-order valence-electron chi connectivity index (χ0n) is 8.75. The van der Waals surface area contributed by atoms with Gasteiger partial charge in [0.15, 0.2) is 0 Å². The maximum absolute atomic E-state index is 4.45. The van der Waals surface area contributed by atoms with E-state index in [1.807, 2.05) is 6.20 Å². The third kappa shape index (κ3) is 1.89. The molecule has 1 saturated carbocycles. The fourth-order valence-corrected chi connectivity index (χ4v) is 2.68. The lowest BCUT2D eigenvalue weighted by atomic mass is 9.94. The number of hydrogen-bond donors (Lipinski definition) is 0. The van der Waals surface area contributed by atoms with Crippen molar-refractivity contribution in [2.24, 2.45) is 5.41 Å². The van der Waals surface area contributed by atoms with Crippen molar-refractivity contribution in [2.75, 3.05) is 18.0 Å². The first-order valence-corrected chi connectivity index (χ1v) is 6.43. The fraction of sp³-hybridized carbons (Fsp3) is 0.583. The Bertz CT molecular complexity index is 346. The molecule has 0 unspecified atom stereocenters. The van der Waals surface area contributed by atoms with Crippen LogP contribution in [-0.4, -0.2) is 18.1 Å². The topological polar surface area (TPSA) is 16.1 Å². The fourth-order valence-electron chi connectivity index (χ4n) is 2.44. The van der Waals surface area contributed by atoms with Gasteiger partial charge in [0.05, 0.1) is 0 Å². The van der Waals surface area contributed by atoms with Crippen LogP contribution < -0.4 is 4.90 Å². The van der Waals surface area contributed by atoms with E-state index in [0.717, 1.165) is 15.7 Å². The third-order valence-corrected chi connectivity index (χ3v) is 4.29. The molecule has 1 saturated heterocycles. The van der Waals surface area contributed by atoms with E-state index in [1.54, 1.807) is 0 Å². The molecule has 1 aliphatic carbocycles. The number of anilines is 1. The number of halogens is 1. The minimum Gasteiger partial charge on any atom is -0.357 e. The summed E-state index contributed by atoms with van der Waals surface area (Å²) in [5.41, 5.74) is 0.756. The van der Waals surface area contributed by atoms with E-state index in [0.29, 0.717) is 0 Å². The van der Waals surface area contributed by atoms with Gasteiger partial charge in [-0.1, -0.05) is 0 Å². The molecule has 0 radical (unpaired) electrons. The molecule has 3 heteroatoms. The number of rotatable bonds is 1. The van der Waals surface area contributed by atoms with Gasteiger partial charge in [-0.15, -0.1) is 0 Å². The van der Waals surface area contributed by atoms with Crippen molar-refractivity contribution >= 4 is 21.7 Å². The Labute approximate surface area is 98.8 Å². The van der Waals surface area contributed by atoms with Gasteiger partial charge in [-0.3, -0.25) is 0 Å². The van der Waals surface area contributed by atoms with Crippen molar-refractivity contribution in [3.05, 3.63) is 22.8 Å². The first-order valence-electron chi connectivity index (χ1n) is 5.64. The second-order valence-electron chi connectivity index (χ2n) is 4.82. The monoisotopic (exact) mass is 266 g/mol. The van der Waals surface area contributed by atoms with Crippen LogP contribution in [0.1, 0.15) is 25.7 Å². The summed E-state index contributed by atoms with van der Waals surface area (Å²) >= 11 is 3.42. The summed E-state index contributed by atoms with van der Waals surface area (Å²) in [4.78, 5) is 6.86. The van der Waals surface area contributed by atoms with E-state index in [1.165, 1.54) is 38.8 Å². The Hall–Kier alpha value is -0.570. The Kier molecular flexibility index (Phi) is 2.23. The van der Waals surface area contributed by atoms with E-state index >= 15 is 0 Å². The van der Waals surface area contributed by atoms with E-state index < -0.39 is 0 Å². The highest BCUT2D eigenvalue weighted by Crippen LogP contribution is 2.53. The minimum atomic E-state index is 0.756. The van der Waals surface area contributed by atoms with Crippen LogP contribution in [0, 0.1) is 5.41 Å². The average Bonchev–Trinajstić information content (AvgIpc) is 3.01. The van der Waals surface area contributed by atoms with Crippen LogP contribution in [0.3, 0.4) is 0 Å². The Morgan fingerprint density at radius 2 is 1.87 bits per heavy atom. The van der Waals surface area contributed by atoms with Crippen LogP contribution in [0.15, 0.2) is 22.8 Å². The molecule has 2 nitrogen and oxygen atoms in total. The van der Waals surface area contributed by atoms with Crippen LogP contribution in [0.4, 0.5) is 5.82 Å². The van der Waals surface area contributed by atoms with E-state index in [4.69, 9.17) is 0 Å². The molecule has 2 fully saturated rings. The third-order valence-electron chi connectivity index (χ3n) is 3.82. The highest BCUT2D eigenvalue weighted by Gasteiger charge is 2.44. The molecule has 1 aromatic rings. The summed E-state index contributed by atoms with van der Waals surface area (Å²) in [5.74, 6) is 1.13. The lowest BCUT2D eigenvalue weighted by Gasteiger charge is -2.32. The largest absolute Gasteiger partial charge is 0.357 e. The van der Waals surface area contributed by atoms with Gasteiger partial charge in [0.2, 0.25) is 0 Å². The smallest absolute Gasteiger partial charge is 0.128 e. The zero-order valence-corrected chi connectivity index (χ0v) is 10.3. The van der Waals surface area contributed by atoms with Gasteiger partial charge < -0.3 is 4.90 Å². The van der Waals surface area contributed by atoms with Crippen molar-refractivity contribution in [2.45, 2.75) is 25.7 Å². The molecule has 1 spiro atoms. The number of nitrogens with zero attached hydrogens (tertiary/aromatic N) is 2. The normalized spacial score (nSPS) is 23.1. The van der Waals surface area contributed by atoms with E-state index in [-0.39, 0.29) is 0 Å². The highest BCUT2D eigenvalue weighted by atomic mass is 79.9.